The van der Waals surface area contributed by atoms with Crippen LogP contribution in [-0.2, 0) is 10.8 Å². The van der Waals surface area contributed by atoms with E-state index in [0.717, 1.165) is 5.56 Å². The molecule has 1 aromatic rings. The Hall–Kier alpha value is -1.40. The Labute approximate surface area is 115 Å². The maximum Gasteiger partial charge on any atom is 0.315 e. The minimum Gasteiger partial charge on any atom is -0.394 e. The van der Waals surface area contributed by atoms with Crippen LogP contribution in [-0.4, -0.2) is 40.0 Å². The largest absolute Gasteiger partial charge is 0.394 e. The molecule has 0 aliphatic carbocycles. The first-order valence-electron chi connectivity index (χ1n) is 6.07. The zero-order valence-electron chi connectivity index (χ0n) is 11.1. The van der Waals surface area contributed by atoms with Crippen molar-refractivity contribution in [3.05, 3.63) is 35.9 Å². The van der Waals surface area contributed by atoms with E-state index in [4.69, 9.17) is 0 Å². The lowest BCUT2D eigenvalue weighted by Gasteiger charge is -2.18. The van der Waals surface area contributed by atoms with Crippen molar-refractivity contribution in [2.45, 2.75) is 18.2 Å². The molecular formula is C13H20N2O3S. The van der Waals surface area contributed by atoms with Crippen LogP contribution in [0.5, 0.6) is 0 Å². The lowest BCUT2D eigenvalue weighted by Crippen LogP contribution is -2.42. The fourth-order valence-corrected chi connectivity index (χ4v) is 1.80. The lowest BCUT2D eigenvalue weighted by atomic mass is 10.1. The van der Waals surface area contributed by atoms with Crippen LogP contribution in [0.2, 0.25) is 0 Å². The molecule has 3 unspecified atom stereocenters. The normalized spacial score (nSPS) is 15.3. The Bertz CT molecular complexity index is 425. The third-order valence-electron chi connectivity index (χ3n) is 2.81. The van der Waals surface area contributed by atoms with Gasteiger partial charge in [-0.15, -0.1) is 0 Å². The first-order valence-corrected chi connectivity index (χ1v) is 7.69. The van der Waals surface area contributed by atoms with E-state index < -0.39 is 16.8 Å². The standard InChI is InChI=1S/C13H20N2O3S/c1-10(19(2)18)8-14-13(17)15-12(9-16)11-6-4-3-5-7-11/h3-7,10,12,16H,8-9H2,1-2H3,(H2,14,15,17). The van der Waals surface area contributed by atoms with Crippen LogP contribution in [0.4, 0.5) is 4.79 Å². The average Bonchev–Trinajstić information content (AvgIpc) is 2.42. The molecule has 0 bridgehead atoms. The van der Waals surface area contributed by atoms with Gasteiger partial charge >= 0.3 is 6.03 Å². The van der Waals surface area contributed by atoms with Crippen molar-refractivity contribution in [3.63, 3.8) is 0 Å². The molecule has 0 heterocycles. The molecule has 3 N–H and O–H groups in total. The number of carbonyl (C=O) groups is 1. The van der Waals surface area contributed by atoms with Crippen molar-refractivity contribution in [2.24, 2.45) is 0 Å². The number of urea groups is 1. The van der Waals surface area contributed by atoms with Gasteiger partial charge in [0.05, 0.1) is 12.6 Å². The predicted octanol–water partition coefficient (Wildman–Crippen LogP) is 0.786. The minimum atomic E-state index is -0.969. The van der Waals surface area contributed by atoms with Crippen LogP contribution in [0.3, 0.4) is 0 Å². The molecule has 2 amide bonds. The van der Waals surface area contributed by atoms with Crippen LogP contribution < -0.4 is 10.6 Å². The number of hydrogen-bond donors (Lipinski definition) is 3. The summed E-state index contributed by atoms with van der Waals surface area (Å²) in [6.45, 7) is 1.96. The predicted molar refractivity (Wildman–Crippen MR) is 76.3 cm³/mol. The molecule has 0 aromatic heterocycles. The fraction of sp³-hybridized carbons (Fsp3) is 0.462. The van der Waals surface area contributed by atoms with Crippen molar-refractivity contribution < 1.29 is 14.1 Å². The van der Waals surface area contributed by atoms with Gasteiger partial charge in [-0.3, -0.25) is 4.21 Å². The van der Waals surface area contributed by atoms with Gasteiger partial charge in [-0.2, -0.15) is 0 Å². The molecule has 6 heteroatoms. The third kappa shape index (κ3) is 5.40. The van der Waals surface area contributed by atoms with Gasteiger partial charge in [0.25, 0.3) is 0 Å². The van der Waals surface area contributed by atoms with Crippen molar-refractivity contribution in [1.82, 2.24) is 10.6 Å². The van der Waals surface area contributed by atoms with Gasteiger partial charge in [0.1, 0.15) is 0 Å². The number of benzene rings is 1. The van der Waals surface area contributed by atoms with Gasteiger partial charge in [0.15, 0.2) is 0 Å². The molecule has 0 fully saturated rings. The Balaban J connectivity index is 2.48. The van der Waals surface area contributed by atoms with Crippen LogP contribution in [0.1, 0.15) is 18.5 Å². The van der Waals surface area contributed by atoms with Crippen molar-refractivity contribution in [2.75, 3.05) is 19.4 Å². The highest BCUT2D eigenvalue weighted by Crippen LogP contribution is 2.10. The number of aliphatic hydroxyl groups is 1. The number of hydrogen-bond acceptors (Lipinski definition) is 3. The molecule has 5 nitrogen and oxygen atoms in total. The van der Waals surface area contributed by atoms with E-state index in [1.807, 2.05) is 30.3 Å². The van der Waals surface area contributed by atoms with Crippen LogP contribution in [0.25, 0.3) is 0 Å². The molecule has 106 valence electrons. The Morgan fingerprint density at radius 3 is 2.53 bits per heavy atom. The highest BCUT2D eigenvalue weighted by atomic mass is 32.2. The van der Waals surface area contributed by atoms with Gasteiger partial charge in [0, 0.05) is 28.9 Å². The number of nitrogens with one attached hydrogen (secondary N) is 2. The molecular weight excluding hydrogens is 264 g/mol. The second-order valence-corrected chi connectivity index (χ2v) is 6.11. The Kier molecular flexibility index (Phi) is 6.52. The second kappa shape index (κ2) is 7.91. The van der Waals surface area contributed by atoms with E-state index in [1.54, 1.807) is 13.2 Å². The summed E-state index contributed by atoms with van der Waals surface area (Å²) in [5.74, 6) is 0. The highest BCUT2D eigenvalue weighted by molar-refractivity contribution is 7.84. The molecule has 1 aromatic carbocycles. The summed E-state index contributed by atoms with van der Waals surface area (Å²) >= 11 is 0. The summed E-state index contributed by atoms with van der Waals surface area (Å²) in [5, 5.41) is 14.5. The first-order chi connectivity index (χ1) is 9.04. The van der Waals surface area contributed by atoms with E-state index in [2.05, 4.69) is 10.6 Å². The average molecular weight is 284 g/mol. The maximum absolute atomic E-state index is 11.7. The van der Waals surface area contributed by atoms with Crippen LogP contribution in [0.15, 0.2) is 30.3 Å². The Morgan fingerprint density at radius 2 is 2.00 bits per heavy atom. The van der Waals surface area contributed by atoms with Gasteiger partial charge in [0.2, 0.25) is 0 Å². The van der Waals surface area contributed by atoms with Crippen LogP contribution in [0, 0.1) is 0 Å². The summed E-state index contributed by atoms with van der Waals surface area (Å²) in [5.41, 5.74) is 0.840. The highest BCUT2D eigenvalue weighted by Gasteiger charge is 2.14. The summed E-state index contributed by atoms with van der Waals surface area (Å²) in [4.78, 5) is 11.7. The number of aliphatic hydroxyl groups excluding tert-OH is 1. The van der Waals surface area contributed by atoms with Gasteiger partial charge < -0.3 is 15.7 Å². The van der Waals surface area contributed by atoms with Gasteiger partial charge in [-0.05, 0) is 12.5 Å². The SMILES string of the molecule is CC(CNC(=O)NC(CO)c1ccccc1)S(C)=O. The topological polar surface area (TPSA) is 78.4 Å². The molecule has 19 heavy (non-hydrogen) atoms. The molecule has 0 spiro atoms. The molecule has 0 saturated carbocycles. The number of carbonyl (C=O) groups excluding carboxylic acids is 1. The van der Waals surface area contributed by atoms with E-state index in [-0.39, 0.29) is 17.9 Å². The quantitative estimate of drug-likeness (QED) is 0.722. The fourth-order valence-electron chi connectivity index (χ4n) is 1.48. The molecule has 0 aliphatic rings. The molecule has 0 radical (unpaired) electrons. The molecule has 1 rings (SSSR count). The third-order valence-corrected chi connectivity index (χ3v) is 4.11. The summed E-state index contributed by atoms with van der Waals surface area (Å²) in [6, 6.07) is 8.43. The smallest absolute Gasteiger partial charge is 0.315 e. The number of amides is 2. The summed E-state index contributed by atoms with van der Waals surface area (Å²) in [6.07, 6.45) is 1.60. The molecule has 0 saturated heterocycles. The van der Waals surface area contributed by atoms with Crippen molar-refractivity contribution in [1.29, 1.82) is 0 Å². The van der Waals surface area contributed by atoms with E-state index in [9.17, 15) is 14.1 Å². The minimum absolute atomic E-state index is 0.102. The van der Waals surface area contributed by atoms with Crippen molar-refractivity contribution >= 4 is 16.8 Å². The van der Waals surface area contributed by atoms with E-state index in [0.29, 0.717) is 6.54 Å². The maximum atomic E-state index is 11.7. The molecule has 0 aliphatic heterocycles. The monoisotopic (exact) mass is 284 g/mol. The van der Waals surface area contributed by atoms with E-state index >= 15 is 0 Å². The number of rotatable bonds is 6. The van der Waals surface area contributed by atoms with Gasteiger partial charge in [-0.1, -0.05) is 30.3 Å². The molecule has 3 atom stereocenters. The summed E-state index contributed by atoms with van der Waals surface area (Å²) < 4.78 is 11.2. The lowest BCUT2D eigenvalue weighted by molar-refractivity contribution is 0.217. The summed E-state index contributed by atoms with van der Waals surface area (Å²) in [7, 11) is -0.969. The Morgan fingerprint density at radius 1 is 1.37 bits per heavy atom. The van der Waals surface area contributed by atoms with Gasteiger partial charge in [-0.25, -0.2) is 4.79 Å². The second-order valence-electron chi connectivity index (χ2n) is 4.31. The first kappa shape index (κ1) is 15.7. The van der Waals surface area contributed by atoms with Crippen molar-refractivity contribution in [3.8, 4) is 0 Å². The zero-order valence-corrected chi connectivity index (χ0v) is 11.9. The van der Waals surface area contributed by atoms with Crippen LogP contribution >= 0.6 is 0 Å². The zero-order chi connectivity index (χ0) is 14.3. The van der Waals surface area contributed by atoms with E-state index in [1.165, 1.54) is 0 Å².